The molecule has 2 aromatic carbocycles. The van der Waals surface area contributed by atoms with E-state index in [0.717, 1.165) is 48.1 Å². The van der Waals surface area contributed by atoms with Crippen LogP contribution in [0.4, 0.5) is 0 Å². The molecule has 1 unspecified atom stereocenters. The average Bonchev–Trinajstić information content (AvgIpc) is 2.93. The van der Waals surface area contributed by atoms with Crippen LogP contribution < -0.4 is 16.6 Å². The number of nitrogens with zero attached hydrogens (tertiary/aromatic N) is 2. The second-order valence-corrected chi connectivity index (χ2v) is 9.64. The largest absolute Gasteiger partial charge is 0.347 e. The fourth-order valence-corrected chi connectivity index (χ4v) is 5.10. The van der Waals surface area contributed by atoms with Gasteiger partial charge in [0.1, 0.15) is 0 Å². The van der Waals surface area contributed by atoms with E-state index >= 15 is 0 Å². The van der Waals surface area contributed by atoms with E-state index in [0.29, 0.717) is 29.8 Å². The molecule has 5 rings (SSSR count). The van der Waals surface area contributed by atoms with Crippen molar-refractivity contribution in [2.45, 2.75) is 38.1 Å². The topological polar surface area (TPSA) is 114 Å². The van der Waals surface area contributed by atoms with Gasteiger partial charge in [-0.25, -0.2) is 4.98 Å². The number of nitrogens with two attached hydrogens (primary N) is 1. The number of H-pyrrole nitrogens is 1. The summed E-state index contributed by atoms with van der Waals surface area (Å²) in [6.07, 6.45) is 7.57. The van der Waals surface area contributed by atoms with Crippen molar-refractivity contribution in [3.05, 3.63) is 94.8 Å². The zero-order chi connectivity index (χ0) is 24.9. The van der Waals surface area contributed by atoms with Gasteiger partial charge in [0, 0.05) is 12.1 Å². The first-order chi connectivity index (χ1) is 17.6. The molecule has 7 heteroatoms. The minimum absolute atomic E-state index is 0.00830. The predicted molar refractivity (Wildman–Crippen MR) is 141 cm³/mol. The Balaban J connectivity index is 1.43. The summed E-state index contributed by atoms with van der Waals surface area (Å²) in [5.41, 5.74) is 10.1. The van der Waals surface area contributed by atoms with Crippen LogP contribution in [0.2, 0.25) is 0 Å². The Kier molecular flexibility index (Phi) is 7.18. The highest BCUT2D eigenvalue weighted by Gasteiger charge is 2.28. The summed E-state index contributed by atoms with van der Waals surface area (Å²) >= 11 is 0. The van der Waals surface area contributed by atoms with Gasteiger partial charge < -0.3 is 16.0 Å². The van der Waals surface area contributed by atoms with Crippen molar-refractivity contribution in [1.82, 2.24) is 20.3 Å². The molecule has 7 nitrogen and oxygen atoms in total. The van der Waals surface area contributed by atoms with Gasteiger partial charge in [-0.05, 0) is 85.5 Å². The fraction of sp³-hybridized carbons (Fsp3) is 0.310. The first kappa shape index (κ1) is 23.9. The quantitative estimate of drug-likeness (QED) is 0.367. The summed E-state index contributed by atoms with van der Waals surface area (Å²) in [7, 11) is 0. The average molecular weight is 482 g/mol. The van der Waals surface area contributed by atoms with E-state index in [1.165, 1.54) is 6.33 Å². The minimum atomic E-state index is -0.266. The molecule has 184 valence electrons. The molecule has 0 saturated heterocycles. The summed E-state index contributed by atoms with van der Waals surface area (Å²) in [5, 5.41) is 3.84. The Morgan fingerprint density at radius 2 is 1.78 bits per heavy atom. The minimum Gasteiger partial charge on any atom is -0.347 e. The van der Waals surface area contributed by atoms with Crippen LogP contribution in [0.5, 0.6) is 0 Å². The maximum absolute atomic E-state index is 13.3. The second-order valence-electron chi connectivity index (χ2n) is 9.64. The fourth-order valence-electron chi connectivity index (χ4n) is 5.10. The number of amides is 1. The predicted octanol–water partition coefficient (Wildman–Crippen LogP) is 4.15. The van der Waals surface area contributed by atoms with Gasteiger partial charge in [0.15, 0.2) is 0 Å². The molecule has 1 aliphatic carbocycles. The third-order valence-corrected chi connectivity index (χ3v) is 7.26. The van der Waals surface area contributed by atoms with Crippen LogP contribution in [0.25, 0.3) is 22.0 Å². The van der Waals surface area contributed by atoms with Crippen molar-refractivity contribution >= 4 is 16.8 Å². The summed E-state index contributed by atoms with van der Waals surface area (Å²) in [4.78, 5) is 37.1. The Hall–Kier alpha value is -3.84. The van der Waals surface area contributed by atoms with Crippen molar-refractivity contribution in [2.75, 3.05) is 6.54 Å². The normalized spacial score (nSPS) is 18.6. The molecule has 36 heavy (non-hydrogen) atoms. The molecule has 1 atom stereocenters. The number of aromatic nitrogens is 3. The number of carbonyl (C=O) groups excluding carboxylic acids is 1. The van der Waals surface area contributed by atoms with Gasteiger partial charge in [0.2, 0.25) is 5.91 Å². The second kappa shape index (κ2) is 10.8. The molecule has 2 aromatic heterocycles. The third-order valence-electron chi connectivity index (χ3n) is 7.26. The van der Waals surface area contributed by atoms with Gasteiger partial charge in [0.25, 0.3) is 5.56 Å². The Labute approximate surface area is 210 Å². The SMILES string of the molecule is NCC1CCC(C(=O)NC(Cc2ccccc2)c2cc(-c3ccc4nc[nH]c(=O)c4c3)ccn2)CC1. The van der Waals surface area contributed by atoms with E-state index in [1.54, 1.807) is 6.20 Å². The number of pyridine rings is 1. The molecule has 1 saturated carbocycles. The number of rotatable bonds is 7. The highest BCUT2D eigenvalue weighted by Crippen LogP contribution is 2.30. The van der Waals surface area contributed by atoms with Crippen LogP contribution in [0.1, 0.15) is 43.0 Å². The van der Waals surface area contributed by atoms with Gasteiger partial charge in [-0.2, -0.15) is 0 Å². The molecule has 4 N–H and O–H groups in total. The number of hydrogen-bond donors (Lipinski definition) is 3. The smallest absolute Gasteiger partial charge is 0.258 e. The first-order valence-electron chi connectivity index (χ1n) is 12.6. The standard InChI is InChI=1S/C29H31N5O2/c30-17-20-6-8-21(9-7-20)28(35)34-27(14-19-4-2-1-3-5-19)26-16-23(12-13-31-26)22-10-11-25-24(15-22)29(36)33-18-32-25/h1-5,10-13,15-16,18,20-21,27H,6-9,14,17,30H2,(H,34,35)(H,32,33,36). The molecule has 4 aromatic rings. The highest BCUT2D eigenvalue weighted by atomic mass is 16.2. The van der Waals surface area contributed by atoms with Gasteiger partial charge in [-0.15, -0.1) is 0 Å². The lowest BCUT2D eigenvalue weighted by atomic mass is 9.81. The number of hydrogen-bond acceptors (Lipinski definition) is 5. The van der Waals surface area contributed by atoms with E-state index in [4.69, 9.17) is 5.73 Å². The summed E-state index contributed by atoms with van der Waals surface area (Å²) in [6.45, 7) is 0.693. The lowest BCUT2D eigenvalue weighted by Gasteiger charge is -2.28. The number of aromatic amines is 1. The Morgan fingerprint density at radius 1 is 1.00 bits per heavy atom. The molecule has 2 heterocycles. The molecule has 0 bridgehead atoms. The maximum atomic E-state index is 13.3. The molecule has 1 aliphatic rings. The zero-order valence-corrected chi connectivity index (χ0v) is 20.2. The van der Waals surface area contributed by atoms with Crippen LogP contribution in [-0.4, -0.2) is 27.4 Å². The zero-order valence-electron chi connectivity index (χ0n) is 20.2. The number of fused-ring (bicyclic) bond motifs is 1. The molecule has 1 fully saturated rings. The van der Waals surface area contributed by atoms with Crippen molar-refractivity contribution < 1.29 is 4.79 Å². The van der Waals surface area contributed by atoms with Crippen molar-refractivity contribution in [2.24, 2.45) is 17.6 Å². The van der Waals surface area contributed by atoms with Crippen molar-refractivity contribution in [3.8, 4) is 11.1 Å². The summed E-state index contributed by atoms with van der Waals surface area (Å²) < 4.78 is 0. The van der Waals surface area contributed by atoms with Crippen LogP contribution in [0.3, 0.4) is 0 Å². The molecule has 0 radical (unpaired) electrons. The maximum Gasteiger partial charge on any atom is 0.258 e. The molecular formula is C29H31N5O2. The molecular weight excluding hydrogens is 450 g/mol. The van der Waals surface area contributed by atoms with Gasteiger partial charge >= 0.3 is 0 Å². The van der Waals surface area contributed by atoms with Crippen molar-refractivity contribution in [3.63, 3.8) is 0 Å². The lowest BCUT2D eigenvalue weighted by Crippen LogP contribution is -2.37. The highest BCUT2D eigenvalue weighted by molar-refractivity contribution is 5.83. The first-order valence-corrected chi connectivity index (χ1v) is 12.6. The van der Waals surface area contributed by atoms with Gasteiger partial charge in [-0.1, -0.05) is 36.4 Å². The molecule has 1 amide bonds. The number of nitrogens with one attached hydrogen (secondary N) is 2. The number of benzene rings is 2. The van der Waals surface area contributed by atoms with E-state index in [-0.39, 0.29) is 23.4 Å². The van der Waals surface area contributed by atoms with E-state index in [2.05, 4.69) is 32.4 Å². The van der Waals surface area contributed by atoms with Crippen LogP contribution in [0, 0.1) is 11.8 Å². The lowest BCUT2D eigenvalue weighted by molar-refractivity contribution is -0.127. The van der Waals surface area contributed by atoms with E-state index in [1.807, 2.05) is 48.5 Å². The van der Waals surface area contributed by atoms with Crippen LogP contribution in [-0.2, 0) is 11.2 Å². The molecule has 0 spiro atoms. The number of carbonyl (C=O) groups is 1. The van der Waals surface area contributed by atoms with Crippen molar-refractivity contribution in [1.29, 1.82) is 0 Å². The summed E-state index contributed by atoms with van der Waals surface area (Å²) in [5.74, 6) is 0.618. The third kappa shape index (κ3) is 5.36. The van der Waals surface area contributed by atoms with E-state index < -0.39 is 0 Å². The van der Waals surface area contributed by atoms with Gasteiger partial charge in [-0.3, -0.25) is 14.6 Å². The van der Waals surface area contributed by atoms with Crippen LogP contribution in [0.15, 0.2) is 78.0 Å². The van der Waals surface area contributed by atoms with Crippen LogP contribution >= 0.6 is 0 Å². The van der Waals surface area contributed by atoms with Gasteiger partial charge in [0.05, 0.1) is 29.0 Å². The Bertz CT molecular complexity index is 1390. The monoisotopic (exact) mass is 481 g/mol. The molecule has 0 aliphatic heterocycles. The Morgan fingerprint density at radius 3 is 2.56 bits per heavy atom. The summed E-state index contributed by atoms with van der Waals surface area (Å²) in [6, 6.07) is 19.4. The van der Waals surface area contributed by atoms with E-state index in [9.17, 15) is 9.59 Å².